The molecule has 1 aliphatic carbocycles. The third-order valence-electron chi connectivity index (χ3n) is 3.13. The number of hydrogen-bond donors (Lipinski definition) is 1. The molecular weight excluding hydrogens is 216 g/mol. The van der Waals surface area contributed by atoms with Gasteiger partial charge in [-0.2, -0.15) is 0 Å². The van der Waals surface area contributed by atoms with Crippen LogP contribution in [0.15, 0.2) is 30.3 Å². The molecule has 0 heterocycles. The third kappa shape index (κ3) is 3.20. The van der Waals surface area contributed by atoms with Crippen LogP contribution in [0.5, 0.6) is 0 Å². The lowest BCUT2D eigenvalue weighted by Crippen LogP contribution is -2.44. The van der Waals surface area contributed by atoms with E-state index in [9.17, 15) is 4.79 Å². The van der Waals surface area contributed by atoms with Gasteiger partial charge in [-0.1, -0.05) is 43.2 Å². The molecule has 1 aromatic rings. The van der Waals surface area contributed by atoms with Gasteiger partial charge in [-0.05, 0) is 18.4 Å². The summed E-state index contributed by atoms with van der Waals surface area (Å²) < 4.78 is 5.16. The Morgan fingerprint density at radius 2 is 1.94 bits per heavy atom. The molecule has 17 heavy (non-hydrogen) atoms. The Bertz CT molecular complexity index is 361. The maximum atomic E-state index is 11.7. The van der Waals surface area contributed by atoms with Crippen LogP contribution in [0.2, 0.25) is 0 Å². The first kappa shape index (κ1) is 11.9. The van der Waals surface area contributed by atoms with Crippen LogP contribution in [-0.4, -0.2) is 17.1 Å². The Morgan fingerprint density at radius 1 is 1.29 bits per heavy atom. The third-order valence-corrected chi connectivity index (χ3v) is 3.13. The number of rotatable bonds is 3. The molecule has 0 saturated heterocycles. The summed E-state index contributed by atoms with van der Waals surface area (Å²) in [5.74, 6) is 5.75. The zero-order valence-corrected chi connectivity index (χ0v) is 9.84. The molecular formula is C13H18N2O2. The van der Waals surface area contributed by atoms with Crippen LogP contribution in [-0.2, 0) is 11.3 Å². The molecule has 0 aliphatic heterocycles. The normalized spacial score (nSPS) is 15.8. The number of nitrogens with zero attached hydrogens (tertiary/aromatic N) is 1. The summed E-state index contributed by atoms with van der Waals surface area (Å²) in [6.07, 6.45) is 3.82. The average molecular weight is 234 g/mol. The summed E-state index contributed by atoms with van der Waals surface area (Å²) in [6.45, 7) is 0.278. The summed E-state index contributed by atoms with van der Waals surface area (Å²) in [5, 5.41) is 1.25. The lowest BCUT2D eigenvalue weighted by molar-refractivity contribution is 0.0811. The topological polar surface area (TPSA) is 55.6 Å². The van der Waals surface area contributed by atoms with Crippen LogP contribution in [0.4, 0.5) is 4.79 Å². The van der Waals surface area contributed by atoms with E-state index in [1.807, 2.05) is 30.3 Å². The van der Waals surface area contributed by atoms with Crippen LogP contribution in [0.25, 0.3) is 0 Å². The minimum atomic E-state index is -0.430. The van der Waals surface area contributed by atoms with E-state index in [4.69, 9.17) is 10.6 Å². The van der Waals surface area contributed by atoms with Gasteiger partial charge in [0.25, 0.3) is 0 Å². The van der Waals surface area contributed by atoms with Crippen LogP contribution in [0.1, 0.15) is 31.2 Å². The molecule has 1 amide bonds. The Hall–Kier alpha value is -1.55. The maximum absolute atomic E-state index is 11.7. The molecule has 4 heteroatoms. The number of hydrazine groups is 1. The molecule has 2 rings (SSSR count). The number of ether oxygens (including phenoxy) is 1. The van der Waals surface area contributed by atoms with Crippen molar-refractivity contribution in [1.29, 1.82) is 0 Å². The molecule has 1 saturated carbocycles. The summed E-state index contributed by atoms with van der Waals surface area (Å²) in [4.78, 5) is 11.7. The lowest BCUT2D eigenvalue weighted by atomic mass is 10.2. The molecule has 0 radical (unpaired) electrons. The van der Waals surface area contributed by atoms with Crippen LogP contribution < -0.4 is 5.84 Å². The van der Waals surface area contributed by atoms with Gasteiger partial charge in [-0.25, -0.2) is 15.6 Å². The summed E-state index contributed by atoms with van der Waals surface area (Å²) in [6, 6.07) is 9.76. The Balaban J connectivity index is 1.80. The smallest absolute Gasteiger partial charge is 0.424 e. The number of amides is 1. The summed E-state index contributed by atoms with van der Waals surface area (Å²) in [5.41, 5.74) is 0.973. The van der Waals surface area contributed by atoms with Crippen LogP contribution in [0, 0.1) is 0 Å². The minimum absolute atomic E-state index is 0.151. The standard InChI is InChI=1S/C13H18N2O2/c14-15(12-8-4-5-9-12)13(16)17-10-11-6-2-1-3-7-11/h1-3,6-7,12H,4-5,8-10,14H2. The molecule has 1 aromatic carbocycles. The summed E-state index contributed by atoms with van der Waals surface area (Å²) in [7, 11) is 0. The van der Waals surface area contributed by atoms with Crippen molar-refractivity contribution >= 4 is 6.09 Å². The fraction of sp³-hybridized carbons (Fsp3) is 0.462. The monoisotopic (exact) mass is 234 g/mol. The van der Waals surface area contributed by atoms with Gasteiger partial charge >= 0.3 is 6.09 Å². The van der Waals surface area contributed by atoms with E-state index in [-0.39, 0.29) is 12.6 Å². The van der Waals surface area contributed by atoms with Gasteiger partial charge in [-0.3, -0.25) is 0 Å². The number of carbonyl (C=O) groups is 1. The predicted octanol–water partition coefficient (Wildman–Crippen LogP) is 2.44. The number of carbonyl (C=O) groups excluding carboxylic acids is 1. The van der Waals surface area contributed by atoms with Gasteiger partial charge in [0.05, 0.1) is 6.04 Å². The number of hydrogen-bond acceptors (Lipinski definition) is 3. The zero-order valence-electron chi connectivity index (χ0n) is 9.84. The molecule has 0 spiro atoms. The van der Waals surface area contributed by atoms with Crippen LogP contribution in [0.3, 0.4) is 0 Å². The second-order valence-corrected chi connectivity index (χ2v) is 4.39. The molecule has 0 unspecified atom stereocenters. The van der Waals surface area contributed by atoms with Gasteiger partial charge in [0.1, 0.15) is 6.61 Å². The minimum Gasteiger partial charge on any atom is -0.444 e. The summed E-state index contributed by atoms with van der Waals surface area (Å²) >= 11 is 0. The van der Waals surface area contributed by atoms with Gasteiger partial charge in [-0.15, -0.1) is 0 Å². The molecule has 0 aromatic heterocycles. The molecule has 92 valence electrons. The van der Waals surface area contributed by atoms with Crippen molar-refractivity contribution < 1.29 is 9.53 Å². The van der Waals surface area contributed by atoms with Crippen LogP contribution >= 0.6 is 0 Å². The zero-order chi connectivity index (χ0) is 12.1. The molecule has 1 fully saturated rings. The molecule has 4 nitrogen and oxygen atoms in total. The molecule has 2 N–H and O–H groups in total. The van der Waals surface area contributed by atoms with E-state index in [2.05, 4.69) is 0 Å². The second kappa shape index (κ2) is 5.68. The number of benzene rings is 1. The van der Waals surface area contributed by atoms with E-state index >= 15 is 0 Å². The largest absolute Gasteiger partial charge is 0.444 e. The van der Waals surface area contributed by atoms with E-state index in [1.165, 1.54) is 5.01 Å². The predicted molar refractivity (Wildman–Crippen MR) is 64.9 cm³/mol. The van der Waals surface area contributed by atoms with Crippen molar-refractivity contribution in [2.24, 2.45) is 5.84 Å². The first-order chi connectivity index (χ1) is 8.27. The molecule has 1 aliphatic rings. The van der Waals surface area contributed by atoms with Crippen molar-refractivity contribution in [2.75, 3.05) is 0 Å². The lowest BCUT2D eigenvalue weighted by Gasteiger charge is -2.22. The van der Waals surface area contributed by atoms with E-state index in [0.717, 1.165) is 31.2 Å². The second-order valence-electron chi connectivity index (χ2n) is 4.39. The molecule has 0 bridgehead atoms. The quantitative estimate of drug-likeness (QED) is 0.496. The average Bonchev–Trinajstić information content (AvgIpc) is 2.90. The Morgan fingerprint density at radius 3 is 2.59 bits per heavy atom. The Labute approximate surface area is 101 Å². The molecule has 0 atom stereocenters. The van der Waals surface area contributed by atoms with Gasteiger partial charge < -0.3 is 4.74 Å². The highest BCUT2D eigenvalue weighted by molar-refractivity contribution is 5.67. The van der Waals surface area contributed by atoms with Crippen molar-refractivity contribution in [3.63, 3.8) is 0 Å². The SMILES string of the molecule is NN(C(=O)OCc1ccccc1)C1CCCC1. The fourth-order valence-corrected chi connectivity index (χ4v) is 2.13. The fourth-order valence-electron chi connectivity index (χ4n) is 2.13. The highest BCUT2D eigenvalue weighted by Crippen LogP contribution is 2.21. The van der Waals surface area contributed by atoms with Crippen molar-refractivity contribution in [3.8, 4) is 0 Å². The van der Waals surface area contributed by atoms with E-state index in [0.29, 0.717) is 0 Å². The van der Waals surface area contributed by atoms with Crippen molar-refractivity contribution in [2.45, 2.75) is 38.3 Å². The maximum Gasteiger partial charge on any atom is 0.424 e. The van der Waals surface area contributed by atoms with Gasteiger partial charge in [0.2, 0.25) is 0 Å². The first-order valence-corrected chi connectivity index (χ1v) is 6.02. The van der Waals surface area contributed by atoms with E-state index < -0.39 is 6.09 Å². The van der Waals surface area contributed by atoms with Crippen molar-refractivity contribution in [1.82, 2.24) is 5.01 Å². The number of nitrogens with two attached hydrogens (primary N) is 1. The Kier molecular flexibility index (Phi) is 3.98. The highest BCUT2D eigenvalue weighted by atomic mass is 16.6. The van der Waals surface area contributed by atoms with Gasteiger partial charge in [0, 0.05) is 0 Å². The first-order valence-electron chi connectivity index (χ1n) is 6.02. The van der Waals surface area contributed by atoms with Gasteiger partial charge in [0.15, 0.2) is 0 Å². The van der Waals surface area contributed by atoms with E-state index in [1.54, 1.807) is 0 Å². The highest BCUT2D eigenvalue weighted by Gasteiger charge is 2.25. The van der Waals surface area contributed by atoms with Crippen molar-refractivity contribution in [3.05, 3.63) is 35.9 Å².